The third-order valence-corrected chi connectivity index (χ3v) is 7.63. The molecular weight excluding hydrogens is 554 g/mol. The van der Waals surface area contributed by atoms with E-state index in [1.807, 2.05) is 31.2 Å². The van der Waals surface area contributed by atoms with Gasteiger partial charge in [-0.2, -0.15) is 0 Å². The second-order valence-electron chi connectivity index (χ2n) is 10.3. The molecular formula is C29H29ClF2N6O3. The molecule has 12 heteroatoms. The Morgan fingerprint density at radius 1 is 1.07 bits per heavy atom. The predicted molar refractivity (Wildman–Crippen MR) is 152 cm³/mol. The topological polar surface area (TPSA) is 111 Å². The molecule has 1 aromatic carbocycles. The molecule has 5 rings (SSSR count). The Bertz CT molecular complexity index is 1680. The van der Waals surface area contributed by atoms with Gasteiger partial charge < -0.3 is 10.6 Å². The highest BCUT2D eigenvalue weighted by Gasteiger charge is 2.27. The number of para-hydroxylation sites is 2. The standard InChI is InChI=1S/C29H29ClF2N6O3/c1-16-11-25(35-17(2)39)33-14-24(16)38-23-6-4-3-5-22(23)37(29(38)41)15-18-7-9-20(10-8-18)36-28(40)21-12-19(30)13-34-26(21)27(31)32/h3-6,11-14,18,20,27H,7-10,15H2,1-2H3,(H,36,40)(H,33,35,39)/t18-,20-. The van der Waals surface area contributed by atoms with Crippen LogP contribution in [-0.4, -0.2) is 37.0 Å². The number of nitrogens with zero attached hydrogens (tertiary/aromatic N) is 4. The number of aryl methyl sites for hydroxylation is 1. The smallest absolute Gasteiger partial charge is 0.333 e. The van der Waals surface area contributed by atoms with Crippen molar-refractivity contribution in [2.45, 2.75) is 58.5 Å². The summed E-state index contributed by atoms with van der Waals surface area (Å²) in [5, 5.41) is 5.63. The highest BCUT2D eigenvalue weighted by Crippen LogP contribution is 2.29. The quantitative estimate of drug-likeness (QED) is 0.302. The fourth-order valence-electron chi connectivity index (χ4n) is 5.47. The van der Waals surface area contributed by atoms with E-state index in [-0.39, 0.29) is 34.1 Å². The fraction of sp³-hybridized carbons (Fsp3) is 0.345. The Balaban J connectivity index is 1.32. The molecule has 0 unspecified atom stereocenters. The zero-order valence-electron chi connectivity index (χ0n) is 22.5. The molecule has 2 amide bonds. The van der Waals surface area contributed by atoms with Crippen LogP contribution in [0.15, 0.2) is 53.6 Å². The molecule has 2 N–H and O–H groups in total. The van der Waals surface area contributed by atoms with Gasteiger partial charge in [0.1, 0.15) is 11.5 Å². The largest absolute Gasteiger partial charge is 0.349 e. The summed E-state index contributed by atoms with van der Waals surface area (Å²) in [7, 11) is 0. The Morgan fingerprint density at radius 2 is 1.78 bits per heavy atom. The van der Waals surface area contributed by atoms with Crippen LogP contribution in [-0.2, 0) is 11.3 Å². The average molecular weight is 583 g/mol. The van der Waals surface area contributed by atoms with E-state index in [2.05, 4.69) is 20.6 Å². The van der Waals surface area contributed by atoms with Crippen LogP contribution in [0.3, 0.4) is 0 Å². The monoisotopic (exact) mass is 582 g/mol. The summed E-state index contributed by atoms with van der Waals surface area (Å²) < 4.78 is 30.1. The fourth-order valence-corrected chi connectivity index (χ4v) is 5.62. The molecule has 4 aromatic rings. The number of pyridine rings is 2. The summed E-state index contributed by atoms with van der Waals surface area (Å²) >= 11 is 5.90. The summed E-state index contributed by atoms with van der Waals surface area (Å²) in [5.41, 5.74) is 1.97. The lowest BCUT2D eigenvalue weighted by atomic mass is 9.85. The Morgan fingerprint density at radius 3 is 2.44 bits per heavy atom. The van der Waals surface area contributed by atoms with Gasteiger partial charge in [0.05, 0.1) is 33.5 Å². The molecule has 214 valence electrons. The Kier molecular flexibility index (Phi) is 8.16. The minimum Gasteiger partial charge on any atom is -0.349 e. The summed E-state index contributed by atoms with van der Waals surface area (Å²) in [4.78, 5) is 45.9. The minimum absolute atomic E-state index is 0.113. The van der Waals surface area contributed by atoms with Crippen LogP contribution in [0.1, 0.15) is 60.6 Å². The third kappa shape index (κ3) is 6.00. The van der Waals surface area contributed by atoms with Crippen LogP contribution in [0.2, 0.25) is 5.02 Å². The van der Waals surface area contributed by atoms with Crippen molar-refractivity contribution >= 4 is 40.3 Å². The first-order valence-electron chi connectivity index (χ1n) is 13.3. The Hall–Kier alpha value is -4.12. The first-order chi connectivity index (χ1) is 19.6. The second-order valence-corrected chi connectivity index (χ2v) is 10.8. The van der Waals surface area contributed by atoms with E-state index in [0.717, 1.165) is 35.6 Å². The number of aromatic nitrogens is 4. The molecule has 41 heavy (non-hydrogen) atoms. The van der Waals surface area contributed by atoms with Gasteiger partial charge in [-0.25, -0.2) is 18.6 Å². The number of imidazole rings is 1. The van der Waals surface area contributed by atoms with Gasteiger partial charge in [0.15, 0.2) is 0 Å². The zero-order chi connectivity index (χ0) is 29.3. The SMILES string of the molecule is CC(=O)Nc1cc(C)c(-n2c(=O)n(C[C@H]3CC[C@H](NC(=O)c4cc(Cl)cnc4C(F)F)CC3)c3ccccc32)cn1. The van der Waals surface area contributed by atoms with Crippen molar-refractivity contribution in [2.75, 3.05) is 5.32 Å². The highest BCUT2D eigenvalue weighted by molar-refractivity contribution is 6.30. The predicted octanol–water partition coefficient (Wildman–Crippen LogP) is 5.43. The van der Waals surface area contributed by atoms with E-state index in [1.54, 1.807) is 21.4 Å². The molecule has 1 saturated carbocycles. The van der Waals surface area contributed by atoms with Crippen LogP contribution in [0.25, 0.3) is 16.7 Å². The Labute approximate surface area is 239 Å². The first-order valence-corrected chi connectivity index (χ1v) is 13.7. The summed E-state index contributed by atoms with van der Waals surface area (Å²) in [6.45, 7) is 3.77. The van der Waals surface area contributed by atoms with Gasteiger partial charge in [-0.05, 0) is 68.4 Å². The number of carbonyl (C=O) groups is 2. The third-order valence-electron chi connectivity index (χ3n) is 7.42. The van der Waals surface area contributed by atoms with E-state index in [0.29, 0.717) is 30.9 Å². The van der Waals surface area contributed by atoms with Crippen LogP contribution >= 0.6 is 11.6 Å². The maximum atomic E-state index is 13.8. The van der Waals surface area contributed by atoms with Crippen LogP contribution in [0.4, 0.5) is 14.6 Å². The molecule has 9 nitrogen and oxygen atoms in total. The number of benzene rings is 1. The number of fused-ring (bicyclic) bond motifs is 1. The second kappa shape index (κ2) is 11.8. The molecule has 0 aliphatic heterocycles. The summed E-state index contributed by atoms with van der Waals surface area (Å²) in [6, 6.07) is 10.3. The molecule has 0 atom stereocenters. The summed E-state index contributed by atoms with van der Waals surface area (Å²) in [5.74, 6) is -0.249. The number of carbonyl (C=O) groups excluding carboxylic acids is 2. The van der Waals surface area contributed by atoms with Gasteiger partial charge in [-0.3, -0.25) is 23.7 Å². The molecule has 3 aromatic heterocycles. The van der Waals surface area contributed by atoms with E-state index in [4.69, 9.17) is 11.6 Å². The molecule has 1 aliphatic rings. The van der Waals surface area contributed by atoms with E-state index >= 15 is 0 Å². The lowest BCUT2D eigenvalue weighted by Gasteiger charge is -2.29. The molecule has 0 bridgehead atoms. The van der Waals surface area contributed by atoms with E-state index < -0.39 is 18.0 Å². The molecule has 1 fully saturated rings. The van der Waals surface area contributed by atoms with Gasteiger partial charge in [0, 0.05) is 25.7 Å². The number of alkyl halides is 2. The van der Waals surface area contributed by atoms with Gasteiger partial charge in [0.25, 0.3) is 12.3 Å². The lowest BCUT2D eigenvalue weighted by molar-refractivity contribution is -0.114. The number of hydrogen-bond donors (Lipinski definition) is 2. The summed E-state index contributed by atoms with van der Waals surface area (Å²) in [6.07, 6.45) is 2.59. The zero-order valence-corrected chi connectivity index (χ0v) is 23.3. The van der Waals surface area contributed by atoms with Crippen molar-refractivity contribution < 1.29 is 18.4 Å². The normalized spacial score (nSPS) is 17.1. The van der Waals surface area contributed by atoms with Crippen LogP contribution in [0.5, 0.6) is 0 Å². The van der Waals surface area contributed by atoms with Gasteiger partial charge in [0.2, 0.25) is 5.91 Å². The molecule has 3 heterocycles. The van der Waals surface area contributed by atoms with Crippen molar-refractivity contribution in [1.29, 1.82) is 0 Å². The number of amides is 2. The number of rotatable bonds is 7. The van der Waals surface area contributed by atoms with Crippen molar-refractivity contribution in [1.82, 2.24) is 24.4 Å². The highest BCUT2D eigenvalue weighted by atomic mass is 35.5. The minimum atomic E-state index is -2.89. The van der Waals surface area contributed by atoms with Gasteiger partial charge in [-0.1, -0.05) is 23.7 Å². The first kappa shape index (κ1) is 28.4. The van der Waals surface area contributed by atoms with Crippen LogP contribution in [0, 0.1) is 12.8 Å². The van der Waals surface area contributed by atoms with Crippen molar-refractivity contribution in [2.24, 2.45) is 5.92 Å². The van der Waals surface area contributed by atoms with E-state index in [9.17, 15) is 23.2 Å². The van der Waals surface area contributed by atoms with E-state index in [1.165, 1.54) is 13.0 Å². The molecule has 1 aliphatic carbocycles. The molecule has 0 saturated heterocycles. The van der Waals surface area contributed by atoms with Crippen molar-refractivity contribution in [3.63, 3.8) is 0 Å². The van der Waals surface area contributed by atoms with Crippen molar-refractivity contribution in [3.05, 3.63) is 81.1 Å². The van der Waals surface area contributed by atoms with Crippen LogP contribution < -0.4 is 16.3 Å². The van der Waals surface area contributed by atoms with Crippen molar-refractivity contribution in [3.8, 4) is 5.69 Å². The number of nitrogens with one attached hydrogen (secondary N) is 2. The average Bonchev–Trinajstić information content (AvgIpc) is 3.20. The number of anilines is 1. The number of hydrogen-bond acceptors (Lipinski definition) is 5. The van der Waals surface area contributed by atoms with Gasteiger partial charge in [-0.15, -0.1) is 0 Å². The number of halogens is 3. The molecule has 0 spiro atoms. The maximum absolute atomic E-state index is 13.8. The van der Waals surface area contributed by atoms with Gasteiger partial charge >= 0.3 is 5.69 Å². The molecule has 0 radical (unpaired) electrons. The lowest BCUT2D eigenvalue weighted by Crippen LogP contribution is -2.39. The maximum Gasteiger partial charge on any atom is 0.333 e.